The van der Waals surface area contributed by atoms with Crippen molar-refractivity contribution in [3.63, 3.8) is 0 Å². The second-order valence-electron chi connectivity index (χ2n) is 4.73. The quantitative estimate of drug-likeness (QED) is 0.843. The van der Waals surface area contributed by atoms with Crippen LogP contribution >= 0.6 is 0 Å². The Morgan fingerprint density at radius 1 is 1.25 bits per heavy atom. The maximum absolute atomic E-state index is 5.71. The van der Waals surface area contributed by atoms with E-state index in [0.717, 1.165) is 42.3 Å². The van der Waals surface area contributed by atoms with E-state index in [-0.39, 0.29) is 0 Å². The number of hydrogen-bond acceptors (Lipinski definition) is 4. The van der Waals surface area contributed by atoms with Crippen molar-refractivity contribution in [1.29, 1.82) is 0 Å². The van der Waals surface area contributed by atoms with E-state index < -0.39 is 0 Å². The highest BCUT2D eigenvalue weighted by Gasteiger charge is 2.11. The molecule has 0 aliphatic carbocycles. The normalized spacial score (nSPS) is 11.0. The lowest BCUT2D eigenvalue weighted by molar-refractivity contribution is 0.244. The SMILES string of the molecule is CCN(Cc1ccco1)Cc1cc(CN)ccc1OC. The first-order chi connectivity index (χ1) is 9.76. The number of rotatable bonds is 7. The van der Waals surface area contributed by atoms with Crippen molar-refractivity contribution in [2.75, 3.05) is 13.7 Å². The molecule has 4 heteroatoms. The number of nitrogens with two attached hydrogens (primary N) is 1. The molecule has 20 heavy (non-hydrogen) atoms. The van der Waals surface area contributed by atoms with Gasteiger partial charge in [0.2, 0.25) is 0 Å². The van der Waals surface area contributed by atoms with Crippen molar-refractivity contribution in [2.24, 2.45) is 5.73 Å². The van der Waals surface area contributed by atoms with E-state index in [1.807, 2.05) is 24.3 Å². The van der Waals surface area contributed by atoms with Gasteiger partial charge in [-0.1, -0.05) is 13.0 Å². The Morgan fingerprint density at radius 3 is 2.70 bits per heavy atom. The molecule has 0 spiro atoms. The second kappa shape index (κ2) is 7.12. The molecule has 1 heterocycles. The van der Waals surface area contributed by atoms with E-state index in [0.29, 0.717) is 6.54 Å². The molecule has 1 aromatic carbocycles. The van der Waals surface area contributed by atoms with Crippen LogP contribution in [0.2, 0.25) is 0 Å². The Morgan fingerprint density at radius 2 is 2.10 bits per heavy atom. The molecule has 0 atom stereocenters. The number of furan rings is 1. The second-order valence-corrected chi connectivity index (χ2v) is 4.73. The van der Waals surface area contributed by atoms with Gasteiger partial charge in [-0.05, 0) is 36.4 Å². The summed E-state index contributed by atoms with van der Waals surface area (Å²) in [4.78, 5) is 2.30. The van der Waals surface area contributed by atoms with Gasteiger partial charge in [0.25, 0.3) is 0 Å². The third-order valence-electron chi connectivity index (χ3n) is 3.38. The minimum absolute atomic E-state index is 0.543. The van der Waals surface area contributed by atoms with Crippen LogP contribution in [-0.2, 0) is 19.6 Å². The predicted molar refractivity (Wildman–Crippen MR) is 79.4 cm³/mol. The van der Waals surface area contributed by atoms with Crippen molar-refractivity contribution >= 4 is 0 Å². The zero-order chi connectivity index (χ0) is 14.4. The van der Waals surface area contributed by atoms with Gasteiger partial charge in [0.15, 0.2) is 0 Å². The molecule has 0 saturated carbocycles. The van der Waals surface area contributed by atoms with Crippen LogP contribution in [0.5, 0.6) is 5.75 Å². The lowest BCUT2D eigenvalue weighted by atomic mass is 10.1. The lowest BCUT2D eigenvalue weighted by Crippen LogP contribution is -2.22. The van der Waals surface area contributed by atoms with E-state index in [1.54, 1.807) is 13.4 Å². The van der Waals surface area contributed by atoms with Gasteiger partial charge in [-0.3, -0.25) is 4.90 Å². The van der Waals surface area contributed by atoms with Gasteiger partial charge in [-0.25, -0.2) is 0 Å². The Bertz CT molecular complexity index is 523. The van der Waals surface area contributed by atoms with Crippen molar-refractivity contribution in [1.82, 2.24) is 4.90 Å². The summed E-state index contributed by atoms with van der Waals surface area (Å²) in [6.07, 6.45) is 1.71. The molecule has 0 saturated heterocycles. The fraction of sp³-hybridized carbons (Fsp3) is 0.375. The summed E-state index contributed by atoms with van der Waals surface area (Å²) in [5.41, 5.74) is 7.99. The molecular weight excluding hydrogens is 252 g/mol. The van der Waals surface area contributed by atoms with Gasteiger partial charge in [-0.2, -0.15) is 0 Å². The van der Waals surface area contributed by atoms with Crippen molar-refractivity contribution < 1.29 is 9.15 Å². The smallest absolute Gasteiger partial charge is 0.123 e. The lowest BCUT2D eigenvalue weighted by Gasteiger charge is -2.21. The first kappa shape index (κ1) is 14.6. The Balaban J connectivity index is 2.13. The Labute approximate surface area is 120 Å². The van der Waals surface area contributed by atoms with E-state index >= 15 is 0 Å². The molecule has 0 aliphatic rings. The molecule has 2 N–H and O–H groups in total. The zero-order valence-corrected chi connectivity index (χ0v) is 12.1. The summed E-state index contributed by atoms with van der Waals surface area (Å²) in [6.45, 7) is 5.23. The van der Waals surface area contributed by atoms with Gasteiger partial charge in [0.1, 0.15) is 11.5 Å². The molecule has 0 bridgehead atoms. The molecule has 2 rings (SSSR count). The maximum atomic E-state index is 5.71. The summed E-state index contributed by atoms with van der Waals surface area (Å²) < 4.78 is 10.8. The number of nitrogens with zero attached hydrogens (tertiary/aromatic N) is 1. The molecule has 4 nitrogen and oxygen atoms in total. The summed E-state index contributed by atoms with van der Waals surface area (Å²) in [5, 5.41) is 0. The number of methoxy groups -OCH3 is 1. The summed E-state index contributed by atoms with van der Waals surface area (Å²) >= 11 is 0. The van der Waals surface area contributed by atoms with Crippen LogP contribution in [0.1, 0.15) is 23.8 Å². The van der Waals surface area contributed by atoms with Crippen LogP contribution in [-0.4, -0.2) is 18.6 Å². The molecule has 0 aliphatic heterocycles. The summed E-state index contributed by atoms with van der Waals surface area (Å²) in [7, 11) is 1.70. The average Bonchev–Trinajstić information content (AvgIpc) is 2.99. The molecule has 0 unspecified atom stereocenters. The molecule has 0 amide bonds. The number of ether oxygens (including phenoxy) is 1. The first-order valence-electron chi connectivity index (χ1n) is 6.87. The van der Waals surface area contributed by atoms with E-state index in [4.69, 9.17) is 14.9 Å². The molecule has 0 fully saturated rings. The fourth-order valence-electron chi connectivity index (χ4n) is 2.23. The van der Waals surface area contributed by atoms with Crippen LogP contribution < -0.4 is 10.5 Å². The first-order valence-corrected chi connectivity index (χ1v) is 6.87. The average molecular weight is 274 g/mol. The van der Waals surface area contributed by atoms with Crippen molar-refractivity contribution in [3.8, 4) is 5.75 Å². The fourth-order valence-corrected chi connectivity index (χ4v) is 2.23. The van der Waals surface area contributed by atoms with Gasteiger partial charge in [0, 0.05) is 18.7 Å². The highest BCUT2D eigenvalue weighted by molar-refractivity contribution is 5.37. The standard InChI is InChI=1S/C16H22N2O2/c1-3-18(12-15-5-4-8-20-15)11-14-9-13(10-17)6-7-16(14)19-2/h4-9H,3,10-12,17H2,1-2H3. The third kappa shape index (κ3) is 3.62. The predicted octanol–water partition coefficient (Wildman–Crippen LogP) is 2.77. The Kier molecular flexibility index (Phi) is 5.21. The number of hydrogen-bond donors (Lipinski definition) is 1. The van der Waals surface area contributed by atoms with E-state index in [9.17, 15) is 0 Å². The third-order valence-corrected chi connectivity index (χ3v) is 3.38. The highest BCUT2D eigenvalue weighted by Crippen LogP contribution is 2.22. The topological polar surface area (TPSA) is 51.6 Å². The molecule has 2 aromatic rings. The number of benzene rings is 1. The molecule has 0 radical (unpaired) electrons. The van der Waals surface area contributed by atoms with E-state index in [1.165, 1.54) is 0 Å². The summed E-state index contributed by atoms with van der Waals surface area (Å²) in [5.74, 6) is 1.88. The van der Waals surface area contributed by atoms with Crippen LogP contribution in [0.15, 0.2) is 41.0 Å². The van der Waals surface area contributed by atoms with Gasteiger partial charge in [0.05, 0.1) is 19.9 Å². The van der Waals surface area contributed by atoms with Crippen LogP contribution in [0.3, 0.4) is 0 Å². The molecule has 1 aromatic heterocycles. The minimum atomic E-state index is 0.543. The van der Waals surface area contributed by atoms with Crippen molar-refractivity contribution in [2.45, 2.75) is 26.6 Å². The molecule has 108 valence electrons. The van der Waals surface area contributed by atoms with Gasteiger partial charge >= 0.3 is 0 Å². The van der Waals surface area contributed by atoms with Crippen LogP contribution in [0.4, 0.5) is 0 Å². The molecular formula is C16H22N2O2. The van der Waals surface area contributed by atoms with Crippen LogP contribution in [0.25, 0.3) is 0 Å². The van der Waals surface area contributed by atoms with Crippen LogP contribution in [0, 0.1) is 0 Å². The Hall–Kier alpha value is -1.78. The van der Waals surface area contributed by atoms with Gasteiger partial charge < -0.3 is 14.9 Å². The zero-order valence-electron chi connectivity index (χ0n) is 12.1. The minimum Gasteiger partial charge on any atom is -0.496 e. The summed E-state index contributed by atoms with van der Waals surface area (Å²) in [6, 6.07) is 10.0. The van der Waals surface area contributed by atoms with E-state index in [2.05, 4.69) is 17.9 Å². The largest absolute Gasteiger partial charge is 0.496 e. The maximum Gasteiger partial charge on any atom is 0.123 e. The monoisotopic (exact) mass is 274 g/mol. The van der Waals surface area contributed by atoms with Crippen molar-refractivity contribution in [3.05, 3.63) is 53.5 Å². The van der Waals surface area contributed by atoms with Gasteiger partial charge in [-0.15, -0.1) is 0 Å². The highest BCUT2D eigenvalue weighted by atomic mass is 16.5.